The monoisotopic (exact) mass is 1200 g/mol. The molecule has 1 N–H and O–H groups in total. The van der Waals surface area contributed by atoms with Crippen molar-refractivity contribution in [2.45, 2.75) is 228 Å². The van der Waals surface area contributed by atoms with Crippen molar-refractivity contribution in [2.75, 3.05) is 98.3 Å². The van der Waals surface area contributed by atoms with Gasteiger partial charge in [-0.25, -0.2) is 9.59 Å². The van der Waals surface area contributed by atoms with E-state index in [0.717, 1.165) is 155 Å². The van der Waals surface area contributed by atoms with Crippen molar-refractivity contribution in [3.8, 4) is 0 Å². The van der Waals surface area contributed by atoms with Gasteiger partial charge in [0.2, 0.25) is 5.91 Å². The average Bonchev–Trinajstić information content (AvgIpc) is 1.55. The summed E-state index contributed by atoms with van der Waals surface area (Å²) in [6.07, 6.45) is 18.6. The van der Waals surface area contributed by atoms with E-state index in [1.165, 1.54) is 32.1 Å². The topological polar surface area (TPSA) is 166 Å². The Morgan fingerprint density at radius 1 is 0.512 bits per heavy atom. The molecule has 86 heavy (non-hydrogen) atoms. The van der Waals surface area contributed by atoms with Gasteiger partial charge in [0.25, 0.3) is 0 Å². The van der Waals surface area contributed by atoms with Crippen LogP contribution >= 0.6 is 0 Å². The fourth-order valence-electron chi connectivity index (χ4n) is 11.2. The largest absolute Gasteiger partial charge is 0.459 e. The normalized spacial score (nSPS) is 20.4. The zero-order chi connectivity index (χ0) is 62.8. The lowest BCUT2D eigenvalue weighted by Gasteiger charge is -2.43. The van der Waals surface area contributed by atoms with Crippen LogP contribution in [-0.2, 0) is 42.8 Å². The Kier molecular flexibility index (Phi) is 34.6. The van der Waals surface area contributed by atoms with Crippen LogP contribution in [0.15, 0.2) is 60.7 Å². The summed E-state index contributed by atoms with van der Waals surface area (Å²) >= 11 is 0. The minimum absolute atomic E-state index is 0.0148. The molecule has 2 saturated heterocycles. The highest BCUT2D eigenvalue weighted by molar-refractivity contribution is 5.90. The van der Waals surface area contributed by atoms with E-state index in [9.17, 15) is 24.0 Å². The number of amides is 1. The maximum Gasteiger partial charge on any atom is 0.338 e. The molecule has 2 unspecified atom stereocenters. The minimum atomic E-state index is -0.800. The second-order valence-corrected chi connectivity index (χ2v) is 27.7. The number of rotatable bonds is 33. The fraction of sp³-hybridized carbons (Fsp3) is 0.757. The van der Waals surface area contributed by atoms with Gasteiger partial charge in [-0.15, -0.1) is 0 Å². The summed E-state index contributed by atoms with van der Waals surface area (Å²) in [5.74, 6) is -1.23. The standard InChI is InChI=1S/C70H117N5O11/c1-56-57(2)64(84-66(80)59-38-28-25-29-39-59)67(83-60(56)55-82-65(79)58-36-26-24-27-37-58)81-51-33-23-19-15-14-18-22-32-42-73-44-35-46-74(53-62(77)85-69(6,7)8)49-47-72(43-34-45-75(50-48-73)54-63(78)86-70(9,10)11)41-31-21-17-13-12-16-20-30-40-71-61(76)52-68(3,4)5/h24-29,36-39,56-57,60,64,67H,12-23,30-35,40-55H2,1-11H3,(H,71,76)/t56-,57-,60?,64?,67+/m0/s1. The molecular weight excluding hydrogens is 1090 g/mol. The molecule has 2 aromatic carbocycles. The molecule has 4 rings (SSSR count). The van der Waals surface area contributed by atoms with Gasteiger partial charge < -0.3 is 43.5 Å². The number of nitrogens with one attached hydrogen (secondary N) is 1. The quantitative estimate of drug-likeness (QED) is 0.0407. The van der Waals surface area contributed by atoms with Gasteiger partial charge >= 0.3 is 23.9 Å². The Bertz CT molecular complexity index is 2200. The molecule has 5 atom stereocenters. The van der Waals surface area contributed by atoms with Crippen molar-refractivity contribution in [1.82, 2.24) is 24.9 Å². The van der Waals surface area contributed by atoms with Crippen molar-refractivity contribution in [3.63, 3.8) is 0 Å². The maximum atomic E-state index is 13.3. The van der Waals surface area contributed by atoms with Crippen molar-refractivity contribution in [2.24, 2.45) is 17.3 Å². The molecule has 0 aliphatic carbocycles. The van der Waals surface area contributed by atoms with Crippen LogP contribution in [0.2, 0.25) is 0 Å². The Hall–Kier alpha value is -4.45. The van der Waals surface area contributed by atoms with Crippen LogP contribution in [0, 0.1) is 17.3 Å². The lowest BCUT2D eigenvalue weighted by Crippen LogP contribution is -2.53. The first-order valence-electron chi connectivity index (χ1n) is 33.3. The predicted molar refractivity (Wildman–Crippen MR) is 343 cm³/mol. The molecule has 0 aromatic heterocycles. The van der Waals surface area contributed by atoms with Crippen LogP contribution in [0.1, 0.15) is 219 Å². The first kappa shape index (κ1) is 74.0. The Balaban J connectivity index is 1.24. The molecule has 1 amide bonds. The molecular formula is C70H117N5O11. The summed E-state index contributed by atoms with van der Waals surface area (Å²) in [6, 6.07) is 17.9. The number of hydrogen-bond acceptors (Lipinski definition) is 15. The molecule has 2 aromatic rings. The van der Waals surface area contributed by atoms with Gasteiger partial charge in [0, 0.05) is 64.8 Å². The zero-order valence-electron chi connectivity index (χ0n) is 55.5. The van der Waals surface area contributed by atoms with Gasteiger partial charge in [0.15, 0.2) is 12.4 Å². The highest BCUT2D eigenvalue weighted by atomic mass is 16.7. The summed E-state index contributed by atoms with van der Waals surface area (Å²) < 4.78 is 36.3. The third-order valence-corrected chi connectivity index (χ3v) is 16.1. The zero-order valence-corrected chi connectivity index (χ0v) is 55.5. The van der Waals surface area contributed by atoms with Gasteiger partial charge in [-0.1, -0.05) is 148 Å². The molecule has 488 valence electrons. The molecule has 0 spiro atoms. The molecule has 0 saturated carbocycles. The summed E-state index contributed by atoms with van der Waals surface area (Å²) in [4.78, 5) is 74.6. The van der Waals surface area contributed by atoms with E-state index >= 15 is 0 Å². The molecule has 0 radical (unpaired) electrons. The SMILES string of the molecule is C[C@@H]1C(COC(=O)c2ccccc2)O[C@@H](OCCCCCCCCCCN2CCCN(CC(=O)OC(C)(C)C)CCN(CCCCCCCCCCNC(=O)CC(C)(C)C)CCCN(CC(=O)OC(C)(C)C)CC2)C(OC(=O)c2ccccc2)[C@H]1C. The summed E-state index contributed by atoms with van der Waals surface area (Å²) in [6.45, 7) is 32.5. The van der Waals surface area contributed by atoms with Crippen LogP contribution < -0.4 is 5.32 Å². The number of ether oxygens (including phenoxy) is 6. The fourth-order valence-corrected chi connectivity index (χ4v) is 11.2. The Morgan fingerprint density at radius 3 is 1.40 bits per heavy atom. The van der Waals surface area contributed by atoms with E-state index in [1.807, 2.05) is 79.7 Å². The van der Waals surface area contributed by atoms with E-state index in [4.69, 9.17) is 28.4 Å². The average molecular weight is 1200 g/mol. The van der Waals surface area contributed by atoms with Gasteiger partial charge in [-0.05, 0) is 142 Å². The molecule has 16 nitrogen and oxygen atoms in total. The number of carbonyl (C=O) groups excluding carboxylic acids is 5. The molecule has 2 heterocycles. The lowest BCUT2D eigenvalue weighted by atomic mass is 9.83. The van der Waals surface area contributed by atoms with Crippen LogP contribution in [0.4, 0.5) is 0 Å². The third-order valence-electron chi connectivity index (χ3n) is 16.1. The van der Waals surface area contributed by atoms with E-state index in [1.54, 1.807) is 36.4 Å². The predicted octanol–water partition coefficient (Wildman–Crippen LogP) is 12.6. The van der Waals surface area contributed by atoms with Crippen molar-refractivity contribution >= 4 is 29.8 Å². The lowest BCUT2D eigenvalue weighted by molar-refractivity contribution is -0.274. The number of hydrogen-bond donors (Lipinski definition) is 1. The van der Waals surface area contributed by atoms with Crippen LogP contribution in [0.3, 0.4) is 0 Å². The third kappa shape index (κ3) is 33.2. The van der Waals surface area contributed by atoms with Gasteiger partial charge in [-0.2, -0.15) is 0 Å². The second-order valence-electron chi connectivity index (χ2n) is 27.7. The van der Waals surface area contributed by atoms with Crippen molar-refractivity contribution < 1.29 is 52.4 Å². The minimum Gasteiger partial charge on any atom is -0.459 e. The second kappa shape index (κ2) is 40.2. The number of esters is 4. The number of benzene rings is 2. The van der Waals surface area contributed by atoms with Crippen LogP contribution in [0.5, 0.6) is 0 Å². The maximum absolute atomic E-state index is 13.3. The van der Waals surface area contributed by atoms with Crippen molar-refractivity contribution in [1.29, 1.82) is 0 Å². The number of unbranched alkanes of at least 4 members (excludes halogenated alkanes) is 14. The van der Waals surface area contributed by atoms with Gasteiger partial charge in [0.1, 0.15) is 17.8 Å². The van der Waals surface area contributed by atoms with E-state index in [0.29, 0.717) is 24.2 Å². The van der Waals surface area contributed by atoms with Crippen LogP contribution in [0.25, 0.3) is 0 Å². The van der Waals surface area contributed by atoms with E-state index in [-0.39, 0.29) is 54.8 Å². The molecule has 2 aliphatic heterocycles. The number of nitrogens with zero attached hydrogens (tertiary/aromatic N) is 4. The van der Waals surface area contributed by atoms with E-state index in [2.05, 4.69) is 45.7 Å². The summed E-state index contributed by atoms with van der Waals surface area (Å²) in [5.41, 5.74) is -0.129. The Labute approximate surface area is 520 Å². The first-order chi connectivity index (χ1) is 40.9. The highest BCUT2D eigenvalue weighted by Crippen LogP contribution is 2.34. The molecule has 16 heteroatoms. The molecule has 0 bridgehead atoms. The van der Waals surface area contributed by atoms with Crippen LogP contribution in [-0.4, -0.2) is 177 Å². The van der Waals surface area contributed by atoms with Crippen molar-refractivity contribution in [3.05, 3.63) is 71.8 Å². The molecule has 2 fully saturated rings. The Morgan fingerprint density at radius 2 is 0.930 bits per heavy atom. The van der Waals surface area contributed by atoms with E-state index < -0.39 is 41.6 Å². The number of carbonyl (C=O) groups is 5. The smallest absolute Gasteiger partial charge is 0.338 e. The first-order valence-corrected chi connectivity index (χ1v) is 33.3. The molecule has 2 aliphatic rings. The highest BCUT2D eigenvalue weighted by Gasteiger charge is 2.45. The summed E-state index contributed by atoms with van der Waals surface area (Å²) in [7, 11) is 0. The summed E-state index contributed by atoms with van der Waals surface area (Å²) in [5, 5.41) is 3.08. The van der Waals surface area contributed by atoms with Gasteiger partial charge in [-0.3, -0.25) is 24.2 Å². The van der Waals surface area contributed by atoms with Gasteiger partial charge in [0.05, 0.1) is 30.3 Å².